The lowest BCUT2D eigenvalue weighted by atomic mass is 10.0. The first-order valence-electron chi connectivity index (χ1n) is 6.86. The van der Waals surface area contributed by atoms with Gasteiger partial charge in [0, 0.05) is 13.2 Å². The summed E-state index contributed by atoms with van der Waals surface area (Å²) in [5.74, 6) is 2.79. The van der Waals surface area contributed by atoms with Gasteiger partial charge in [0.05, 0.1) is 6.54 Å². The van der Waals surface area contributed by atoms with E-state index in [2.05, 4.69) is 11.4 Å². The molecular weight excluding hydrogens is 254 g/mol. The zero-order valence-corrected chi connectivity index (χ0v) is 11.6. The maximum atomic E-state index is 5.76. The number of rotatable bonds is 5. The summed E-state index contributed by atoms with van der Waals surface area (Å²) in [4.78, 5) is 0. The van der Waals surface area contributed by atoms with Crippen LogP contribution in [-0.2, 0) is 24.3 Å². The van der Waals surface area contributed by atoms with Crippen molar-refractivity contribution >= 4 is 0 Å². The molecular formula is C16H19NO3. The van der Waals surface area contributed by atoms with Crippen LogP contribution in [0.2, 0.25) is 0 Å². The Morgan fingerprint density at radius 3 is 2.95 bits per heavy atom. The van der Waals surface area contributed by atoms with Gasteiger partial charge in [0.25, 0.3) is 0 Å². The average molecular weight is 273 g/mol. The number of fused-ring (bicyclic) bond motifs is 1. The van der Waals surface area contributed by atoms with Crippen molar-refractivity contribution in [2.75, 3.05) is 13.7 Å². The van der Waals surface area contributed by atoms with Gasteiger partial charge in [-0.25, -0.2) is 0 Å². The smallest absolute Gasteiger partial charge is 0.129 e. The van der Waals surface area contributed by atoms with Gasteiger partial charge in [0.15, 0.2) is 0 Å². The molecule has 0 saturated carbocycles. The van der Waals surface area contributed by atoms with Crippen molar-refractivity contribution in [2.24, 2.45) is 0 Å². The fraction of sp³-hybridized carbons (Fsp3) is 0.375. The minimum atomic E-state index is 0.320. The molecule has 0 aliphatic carbocycles. The van der Waals surface area contributed by atoms with E-state index >= 15 is 0 Å². The van der Waals surface area contributed by atoms with Crippen LogP contribution >= 0.6 is 0 Å². The van der Waals surface area contributed by atoms with Gasteiger partial charge < -0.3 is 19.2 Å². The molecule has 1 aliphatic rings. The van der Waals surface area contributed by atoms with Crippen LogP contribution in [0.15, 0.2) is 40.8 Å². The Hall–Kier alpha value is -1.78. The Labute approximate surface area is 118 Å². The Bertz CT molecular complexity index is 564. The summed E-state index contributed by atoms with van der Waals surface area (Å²) >= 11 is 0. The molecule has 0 radical (unpaired) electrons. The van der Waals surface area contributed by atoms with Crippen LogP contribution in [0.3, 0.4) is 0 Å². The zero-order valence-electron chi connectivity index (χ0n) is 11.6. The molecule has 0 spiro atoms. The molecule has 1 atom stereocenters. The van der Waals surface area contributed by atoms with E-state index in [4.69, 9.17) is 13.9 Å². The predicted molar refractivity (Wildman–Crippen MR) is 75.7 cm³/mol. The third-order valence-corrected chi connectivity index (χ3v) is 3.45. The maximum Gasteiger partial charge on any atom is 0.129 e. The topological polar surface area (TPSA) is 43.6 Å². The second-order valence-electron chi connectivity index (χ2n) is 5.00. The number of benzene rings is 1. The number of para-hydroxylation sites is 1. The van der Waals surface area contributed by atoms with E-state index < -0.39 is 0 Å². The molecule has 106 valence electrons. The maximum absolute atomic E-state index is 5.76. The monoisotopic (exact) mass is 273 g/mol. The van der Waals surface area contributed by atoms with E-state index in [0.717, 1.165) is 23.7 Å². The number of ether oxygens (including phenoxy) is 2. The minimum Gasteiger partial charge on any atom is -0.492 e. The highest BCUT2D eigenvalue weighted by molar-refractivity contribution is 5.35. The Balaban J connectivity index is 1.54. The number of methoxy groups -OCH3 is 1. The SMILES string of the molecule is COCc1ccc(CNC2COc3ccccc3C2)o1. The van der Waals surface area contributed by atoms with Gasteiger partial charge in [-0.15, -0.1) is 0 Å². The molecule has 20 heavy (non-hydrogen) atoms. The van der Waals surface area contributed by atoms with E-state index in [-0.39, 0.29) is 0 Å². The standard InChI is InChI=1S/C16H19NO3/c1-18-11-15-7-6-14(20-15)9-17-13-8-12-4-2-3-5-16(12)19-10-13/h2-7,13,17H,8-11H2,1H3. The summed E-state index contributed by atoms with van der Waals surface area (Å²) in [5, 5.41) is 3.47. The van der Waals surface area contributed by atoms with Crippen molar-refractivity contribution in [1.82, 2.24) is 5.32 Å². The van der Waals surface area contributed by atoms with E-state index in [1.54, 1.807) is 7.11 Å². The van der Waals surface area contributed by atoms with Crippen molar-refractivity contribution in [3.63, 3.8) is 0 Å². The second kappa shape index (κ2) is 6.11. The molecule has 0 amide bonds. The van der Waals surface area contributed by atoms with Crippen molar-refractivity contribution < 1.29 is 13.9 Å². The van der Waals surface area contributed by atoms with Crippen LogP contribution in [0, 0.1) is 0 Å². The highest BCUT2D eigenvalue weighted by atomic mass is 16.5. The quantitative estimate of drug-likeness (QED) is 0.909. The van der Waals surface area contributed by atoms with Crippen LogP contribution in [-0.4, -0.2) is 19.8 Å². The fourth-order valence-corrected chi connectivity index (χ4v) is 2.44. The molecule has 1 aromatic carbocycles. The highest BCUT2D eigenvalue weighted by Crippen LogP contribution is 2.24. The summed E-state index contributed by atoms with van der Waals surface area (Å²) in [6.45, 7) is 1.92. The molecule has 3 rings (SSSR count). The molecule has 0 fully saturated rings. The van der Waals surface area contributed by atoms with E-state index in [9.17, 15) is 0 Å². The molecule has 0 bridgehead atoms. The first-order chi connectivity index (χ1) is 9.85. The number of nitrogens with one attached hydrogen (secondary N) is 1. The molecule has 2 heterocycles. The van der Waals surface area contributed by atoms with E-state index in [1.807, 2.05) is 30.3 Å². The van der Waals surface area contributed by atoms with Crippen molar-refractivity contribution in [3.05, 3.63) is 53.5 Å². The van der Waals surface area contributed by atoms with Crippen LogP contribution in [0.25, 0.3) is 0 Å². The minimum absolute atomic E-state index is 0.320. The molecule has 1 aliphatic heterocycles. The Morgan fingerprint density at radius 2 is 2.05 bits per heavy atom. The third kappa shape index (κ3) is 3.03. The molecule has 1 N–H and O–H groups in total. The van der Waals surface area contributed by atoms with Crippen molar-refractivity contribution in [1.29, 1.82) is 0 Å². The van der Waals surface area contributed by atoms with Crippen molar-refractivity contribution in [2.45, 2.75) is 25.6 Å². The van der Waals surface area contributed by atoms with Gasteiger partial charge in [-0.1, -0.05) is 18.2 Å². The first-order valence-corrected chi connectivity index (χ1v) is 6.86. The highest BCUT2D eigenvalue weighted by Gasteiger charge is 2.19. The van der Waals surface area contributed by atoms with Crippen LogP contribution in [0.4, 0.5) is 0 Å². The van der Waals surface area contributed by atoms with Gasteiger partial charge in [-0.05, 0) is 30.2 Å². The largest absolute Gasteiger partial charge is 0.492 e. The molecule has 1 aromatic heterocycles. The van der Waals surface area contributed by atoms with Crippen LogP contribution in [0.1, 0.15) is 17.1 Å². The molecule has 4 nitrogen and oxygen atoms in total. The van der Waals surface area contributed by atoms with E-state index in [0.29, 0.717) is 25.8 Å². The number of hydrogen-bond donors (Lipinski definition) is 1. The Kier molecular flexibility index (Phi) is 4.04. The molecule has 4 heteroatoms. The first kappa shape index (κ1) is 13.2. The summed E-state index contributed by atoms with van der Waals surface area (Å²) in [6, 6.07) is 12.5. The van der Waals surface area contributed by atoms with Gasteiger partial charge in [-0.3, -0.25) is 0 Å². The van der Waals surface area contributed by atoms with Gasteiger partial charge in [-0.2, -0.15) is 0 Å². The van der Waals surface area contributed by atoms with Gasteiger partial charge in [0.2, 0.25) is 0 Å². The lowest BCUT2D eigenvalue weighted by molar-refractivity contribution is 0.162. The average Bonchev–Trinajstić information content (AvgIpc) is 2.93. The normalized spacial score (nSPS) is 17.6. The lowest BCUT2D eigenvalue weighted by Gasteiger charge is -2.25. The van der Waals surface area contributed by atoms with Crippen LogP contribution in [0.5, 0.6) is 5.75 Å². The van der Waals surface area contributed by atoms with Gasteiger partial charge >= 0.3 is 0 Å². The fourth-order valence-electron chi connectivity index (χ4n) is 2.44. The predicted octanol–water partition coefficient (Wildman–Crippen LogP) is 2.52. The van der Waals surface area contributed by atoms with Crippen LogP contribution < -0.4 is 10.1 Å². The van der Waals surface area contributed by atoms with Gasteiger partial charge in [0.1, 0.15) is 30.5 Å². The summed E-state index contributed by atoms with van der Waals surface area (Å²) in [7, 11) is 1.66. The zero-order chi connectivity index (χ0) is 13.8. The lowest BCUT2D eigenvalue weighted by Crippen LogP contribution is -2.38. The number of hydrogen-bond acceptors (Lipinski definition) is 4. The van der Waals surface area contributed by atoms with Crippen molar-refractivity contribution in [3.8, 4) is 5.75 Å². The number of furan rings is 1. The molecule has 1 unspecified atom stereocenters. The van der Waals surface area contributed by atoms with E-state index in [1.165, 1.54) is 5.56 Å². The third-order valence-electron chi connectivity index (χ3n) is 3.45. The molecule has 2 aromatic rings. The summed E-state index contributed by atoms with van der Waals surface area (Å²) in [5.41, 5.74) is 1.26. The molecule has 0 saturated heterocycles. The second-order valence-corrected chi connectivity index (χ2v) is 5.00. The Morgan fingerprint density at radius 1 is 1.20 bits per heavy atom. The summed E-state index contributed by atoms with van der Waals surface area (Å²) in [6.07, 6.45) is 0.988. The summed E-state index contributed by atoms with van der Waals surface area (Å²) < 4.78 is 16.5.